The lowest BCUT2D eigenvalue weighted by atomic mass is 10.1. The Kier molecular flexibility index (Phi) is 4.52. The number of nitrogens with one attached hydrogen (secondary N) is 1. The normalized spacial score (nSPS) is 21.0. The molecule has 3 rings (SSSR count). The molecule has 0 spiro atoms. The van der Waals surface area contributed by atoms with Crippen LogP contribution in [0.3, 0.4) is 0 Å². The Balaban J connectivity index is 1.67. The van der Waals surface area contributed by atoms with Gasteiger partial charge in [0.05, 0.1) is 18.8 Å². The Bertz CT molecular complexity index is 670. The van der Waals surface area contributed by atoms with Gasteiger partial charge in [0.1, 0.15) is 17.5 Å². The molecule has 122 valence electrons. The predicted octanol–water partition coefficient (Wildman–Crippen LogP) is 1.05. The molecule has 2 aromatic rings. The number of rotatable bonds is 4. The number of carbonyl (C=O) groups excluding carboxylic acids is 1. The third-order valence-corrected chi connectivity index (χ3v) is 3.66. The second-order valence-electron chi connectivity index (χ2n) is 5.43. The molecular weight excluding hydrogens is 300 g/mol. The standard InChI is InChI=1S/C15H18N4O4/c1-9-3-4-11(7-16-9)22-13-8-21-6-5-12(13)17-15(20)14-10(2)18-23-19-14/h3-4,7,12-13H,5-6,8H2,1-2H3,(H,17,20)/t12-,13+/m1/s1. The molecule has 1 aliphatic rings. The van der Waals surface area contributed by atoms with Crippen LogP contribution in [0.15, 0.2) is 23.0 Å². The lowest BCUT2D eigenvalue weighted by molar-refractivity contribution is -0.0137. The minimum atomic E-state index is -0.328. The average Bonchev–Trinajstić information content (AvgIpc) is 2.97. The van der Waals surface area contributed by atoms with E-state index in [9.17, 15) is 4.79 Å². The summed E-state index contributed by atoms with van der Waals surface area (Å²) in [6, 6.07) is 3.53. The van der Waals surface area contributed by atoms with Crippen LogP contribution in [0.2, 0.25) is 0 Å². The molecule has 8 nitrogen and oxygen atoms in total. The van der Waals surface area contributed by atoms with Crippen LogP contribution < -0.4 is 10.1 Å². The van der Waals surface area contributed by atoms with Crippen LogP contribution in [0, 0.1) is 13.8 Å². The maximum absolute atomic E-state index is 12.3. The number of hydrogen-bond acceptors (Lipinski definition) is 7. The molecule has 8 heteroatoms. The summed E-state index contributed by atoms with van der Waals surface area (Å²) in [7, 11) is 0. The van der Waals surface area contributed by atoms with Crippen LogP contribution in [-0.2, 0) is 4.74 Å². The second-order valence-corrected chi connectivity index (χ2v) is 5.43. The zero-order valence-corrected chi connectivity index (χ0v) is 13.0. The van der Waals surface area contributed by atoms with Crippen molar-refractivity contribution in [2.24, 2.45) is 0 Å². The van der Waals surface area contributed by atoms with Crippen molar-refractivity contribution in [1.29, 1.82) is 0 Å². The molecule has 3 heterocycles. The van der Waals surface area contributed by atoms with Gasteiger partial charge in [-0.2, -0.15) is 0 Å². The monoisotopic (exact) mass is 318 g/mol. The van der Waals surface area contributed by atoms with Crippen LogP contribution in [0.1, 0.15) is 28.3 Å². The largest absolute Gasteiger partial charge is 0.484 e. The van der Waals surface area contributed by atoms with Crippen molar-refractivity contribution in [3.05, 3.63) is 35.4 Å². The number of pyridine rings is 1. The van der Waals surface area contributed by atoms with Gasteiger partial charge in [-0.1, -0.05) is 5.16 Å². The number of carbonyl (C=O) groups is 1. The van der Waals surface area contributed by atoms with Crippen molar-refractivity contribution in [1.82, 2.24) is 20.6 Å². The molecular formula is C15H18N4O4. The molecule has 0 unspecified atom stereocenters. The molecule has 23 heavy (non-hydrogen) atoms. The highest BCUT2D eigenvalue weighted by Gasteiger charge is 2.30. The molecule has 1 N–H and O–H groups in total. The predicted molar refractivity (Wildman–Crippen MR) is 79.1 cm³/mol. The highest BCUT2D eigenvalue weighted by Crippen LogP contribution is 2.17. The topological polar surface area (TPSA) is 99.4 Å². The fraction of sp³-hybridized carbons (Fsp3) is 0.467. The number of hydrogen-bond donors (Lipinski definition) is 1. The van der Waals surface area contributed by atoms with Crippen molar-refractivity contribution >= 4 is 5.91 Å². The van der Waals surface area contributed by atoms with Crippen molar-refractivity contribution in [2.45, 2.75) is 32.4 Å². The SMILES string of the molecule is Cc1ccc(O[C@H]2COCC[C@H]2NC(=O)c2nonc2C)cn1. The summed E-state index contributed by atoms with van der Waals surface area (Å²) in [6.07, 6.45) is 2.02. The van der Waals surface area contributed by atoms with E-state index in [1.54, 1.807) is 13.1 Å². The third kappa shape index (κ3) is 3.65. The molecule has 0 aliphatic carbocycles. The molecule has 0 aromatic carbocycles. The zero-order chi connectivity index (χ0) is 16.2. The van der Waals surface area contributed by atoms with E-state index in [4.69, 9.17) is 9.47 Å². The van der Waals surface area contributed by atoms with Crippen LogP contribution in [0.25, 0.3) is 0 Å². The van der Waals surface area contributed by atoms with Crippen molar-refractivity contribution in [3.63, 3.8) is 0 Å². The summed E-state index contributed by atoms with van der Waals surface area (Å²) in [5.74, 6) is 0.316. The summed E-state index contributed by atoms with van der Waals surface area (Å²) in [6.45, 7) is 4.54. The van der Waals surface area contributed by atoms with Gasteiger partial charge in [0.15, 0.2) is 5.69 Å². The molecule has 0 bridgehead atoms. The summed E-state index contributed by atoms with van der Waals surface area (Å²) in [5, 5.41) is 10.2. The summed E-state index contributed by atoms with van der Waals surface area (Å²) in [5.41, 5.74) is 1.55. The van der Waals surface area contributed by atoms with Gasteiger partial charge in [-0.15, -0.1) is 0 Å². The second kappa shape index (κ2) is 6.74. The molecule has 2 atom stereocenters. The van der Waals surface area contributed by atoms with Crippen molar-refractivity contribution in [2.75, 3.05) is 13.2 Å². The fourth-order valence-electron chi connectivity index (χ4n) is 2.37. The van der Waals surface area contributed by atoms with E-state index in [0.717, 1.165) is 5.69 Å². The first-order valence-electron chi connectivity index (χ1n) is 7.40. The van der Waals surface area contributed by atoms with Gasteiger partial charge in [0, 0.05) is 12.3 Å². The highest BCUT2D eigenvalue weighted by atomic mass is 16.6. The number of aromatic nitrogens is 3. The van der Waals surface area contributed by atoms with Crippen molar-refractivity contribution < 1.29 is 18.9 Å². The highest BCUT2D eigenvalue weighted by molar-refractivity contribution is 5.93. The van der Waals surface area contributed by atoms with Gasteiger partial charge >= 0.3 is 0 Å². The van der Waals surface area contributed by atoms with E-state index in [-0.39, 0.29) is 23.7 Å². The zero-order valence-electron chi connectivity index (χ0n) is 13.0. The van der Waals surface area contributed by atoms with Gasteiger partial charge in [0.25, 0.3) is 5.91 Å². The minimum absolute atomic E-state index is 0.186. The number of aryl methyl sites for hydroxylation is 2. The number of ether oxygens (including phenoxy) is 2. The number of nitrogens with zero attached hydrogens (tertiary/aromatic N) is 3. The molecule has 0 saturated carbocycles. The third-order valence-electron chi connectivity index (χ3n) is 3.66. The molecule has 1 aliphatic heterocycles. The Labute approximate surface area is 133 Å². The first-order chi connectivity index (χ1) is 11.1. The van der Waals surface area contributed by atoms with Crippen LogP contribution in [-0.4, -0.2) is 46.6 Å². The minimum Gasteiger partial charge on any atom is -0.484 e. The first kappa shape index (κ1) is 15.4. The van der Waals surface area contributed by atoms with Crippen LogP contribution >= 0.6 is 0 Å². The Morgan fingerprint density at radius 3 is 2.91 bits per heavy atom. The quantitative estimate of drug-likeness (QED) is 0.899. The van der Waals surface area contributed by atoms with E-state index in [1.165, 1.54) is 0 Å². The van der Waals surface area contributed by atoms with E-state index in [1.807, 2.05) is 19.1 Å². The van der Waals surface area contributed by atoms with E-state index in [2.05, 4.69) is 25.2 Å². The van der Waals surface area contributed by atoms with Gasteiger partial charge < -0.3 is 14.8 Å². The smallest absolute Gasteiger partial charge is 0.275 e. The first-order valence-corrected chi connectivity index (χ1v) is 7.40. The Morgan fingerprint density at radius 1 is 1.35 bits per heavy atom. The summed E-state index contributed by atoms with van der Waals surface area (Å²) in [4.78, 5) is 16.5. The van der Waals surface area contributed by atoms with Crippen LogP contribution in [0.5, 0.6) is 5.75 Å². The van der Waals surface area contributed by atoms with Gasteiger partial charge in [0.2, 0.25) is 0 Å². The van der Waals surface area contributed by atoms with Gasteiger partial charge in [-0.25, -0.2) is 4.63 Å². The van der Waals surface area contributed by atoms with Gasteiger partial charge in [-0.3, -0.25) is 9.78 Å². The maximum Gasteiger partial charge on any atom is 0.275 e. The lowest BCUT2D eigenvalue weighted by Gasteiger charge is -2.32. The van der Waals surface area contributed by atoms with E-state index in [0.29, 0.717) is 31.1 Å². The molecule has 0 radical (unpaired) electrons. The molecule has 1 saturated heterocycles. The average molecular weight is 318 g/mol. The molecule has 1 amide bonds. The van der Waals surface area contributed by atoms with E-state index >= 15 is 0 Å². The molecule has 1 fully saturated rings. The van der Waals surface area contributed by atoms with Crippen molar-refractivity contribution in [3.8, 4) is 5.75 Å². The van der Waals surface area contributed by atoms with Crippen LogP contribution in [0.4, 0.5) is 0 Å². The Hall–Kier alpha value is -2.48. The fourth-order valence-corrected chi connectivity index (χ4v) is 2.37. The molecule has 2 aromatic heterocycles. The summed E-state index contributed by atoms with van der Waals surface area (Å²) >= 11 is 0. The lowest BCUT2D eigenvalue weighted by Crippen LogP contribution is -2.51. The van der Waals surface area contributed by atoms with E-state index < -0.39 is 0 Å². The number of amides is 1. The van der Waals surface area contributed by atoms with Gasteiger partial charge in [-0.05, 0) is 37.6 Å². The summed E-state index contributed by atoms with van der Waals surface area (Å²) < 4.78 is 15.9. The maximum atomic E-state index is 12.3. The Morgan fingerprint density at radius 2 is 2.22 bits per heavy atom.